The van der Waals surface area contributed by atoms with Crippen LogP contribution in [-0.2, 0) is 19.4 Å². The second-order valence-corrected chi connectivity index (χ2v) is 4.63. The van der Waals surface area contributed by atoms with E-state index in [2.05, 4.69) is 14.1 Å². The molecule has 0 saturated carbocycles. The molecule has 1 aromatic carbocycles. The summed E-state index contributed by atoms with van der Waals surface area (Å²) in [4.78, 5) is 26.0. The van der Waals surface area contributed by atoms with E-state index in [0.717, 1.165) is 5.56 Å². The molecule has 0 heterocycles. The van der Waals surface area contributed by atoms with Gasteiger partial charge in [-0.1, -0.05) is 30.3 Å². The molecule has 11 nitrogen and oxygen atoms in total. The second kappa shape index (κ2) is 7.45. The van der Waals surface area contributed by atoms with Gasteiger partial charge in [-0.25, -0.2) is 0 Å². The van der Waals surface area contributed by atoms with Gasteiger partial charge in [0.2, 0.25) is 11.6 Å². The molecule has 0 saturated heterocycles. The van der Waals surface area contributed by atoms with E-state index in [1.807, 2.05) is 22.0 Å². The van der Waals surface area contributed by atoms with E-state index in [1.165, 1.54) is 6.08 Å². The molecule has 0 fully saturated rings. The third-order valence-electron chi connectivity index (χ3n) is 2.14. The first-order valence-electron chi connectivity index (χ1n) is 5.31. The number of nitrogens with zero attached hydrogens (tertiary/aromatic N) is 6. The summed E-state index contributed by atoms with van der Waals surface area (Å²) in [5.74, 6) is -0.846. The lowest BCUT2D eigenvalue weighted by atomic mass is 9.96. The van der Waals surface area contributed by atoms with Gasteiger partial charge in [0, 0.05) is 15.4 Å². The van der Waals surface area contributed by atoms with Crippen LogP contribution >= 0.6 is 0 Å². The molecule has 12 heteroatoms. The summed E-state index contributed by atoms with van der Waals surface area (Å²) in [6.45, 7) is 0. The molecule has 0 aliphatic heterocycles. The maximum absolute atomic E-state index is 11.2. The van der Waals surface area contributed by atoms with Crippen molar-refractivity contribution in [3.05, 3.63) is 62.4 Å². The first kappa shape index (κ1) is 16.7. The quantitative estimate of drug-likeness (QED) is 0.272. The molecule has 112 valence electrons. The molecular formula is C10H6N6O5S. The molecule has 2 rings (SSSR count). The average Bonchev–Trinajstić information content (AvgIpc) is 2.50. The molecule has 0 aromatic heterocycles. The van der Waals surface area contributed by atoms with Crippen LogP contribution in [-0.4, -0.2) is 20.0 Å². The lowest BCUT2D eigenvalue weighted by molar-refractivity contribution is -0.110. The Balaban J connectivity index is 0.000000225. The smallest absolute Gasteiger partial charge is 0.304 e. The Morgan fingerprint density at radius 2 is 1.73 bits per heavy atom. The van der Waals surface area contributed by atoms with E-state index >= 15 is 0 Å². The van der Waals surface area contributed by atoms with Crippen LogP contribution in [0.4, 0.5) is 0 Å². The summed E-state index contributed by atoms with van der Waals surface area (Å²) < 4.78 is 25.7. The fourth-order valence-corrected chi connectivity index (χ4v) is 1.57. The number of allylic oxidation sites excluding steroid dienone is 1. The highest BCUT2D eigenvalue weighted by Gasteiger charge is 2.19. The average molecular weight is 322 g/mol. The number of hydrogen-bond acceptors (Lipinski definition) is 6. The molecule has 0 spiro atoms. The number of hydrogen-bond donors (Lipinski definition) is 0. The Morgan fingerprint density at radius 1 is 1.05 bits per heavy atom. The fourth-order valence-electron chi connectivity index (χ4n) is 1.34. The SMILES string of the molecule is O=C1C=Cc2ccccc2C1=O.[N-]=[N+]=NOS(=O)(=O)N=[N+]=[N-]. The van der Waals surface area contributed by atoms with Crippen molar-refractivity contribution in [1.82, 2.24) is 0 Å². The standard InChI is InChI=1S/C10H6O2.N6O3S/c11-9-6-5-7-3-1-2-4-8(7)10(9)12;1-3-5-9-10(7,8)6-4-2/h1-6H;. The third kappa shape index (κ3) is 4.65. The summed E-state index contributed by atoms with van der Waals surface area (Å²) >= 11 is 0. The first-order valence-corrected chi connectivity index (χ1v) is 6.68. The highest BCUT2D eigenvalue weighted by molar-refractivity contribution is 7.85. The number of carbonyl (C=O) groups excluding carboxylic acids is 2. The maximum atomic E-state index is 11.2. The highest BCUT2D eigenvalue weighted by atomic mass is 32.2. The Labute approximate surface area is 123 Å². The minimum atomic E-state index is -4.41. The van der Waals surface area contributed by atoms with Crippen molar-refractivity contribution in [2.45, 2.75) is 0 Å². The van der Waals surface area contributed by atoms with Gasteiger partial charge in [-0.3, -0.25) is 9.59 Å². The van der Waals surface area contributed by atoms with Gasteiger partial charge in [-0.2, -0.15) is 8.42 Å². The number of ketones is 2. The summed E-state index contributed by atoms with van der Waals surface area (Å²) in [6, 6.07) is 7.07. The predicted octanol–water partition coefficient (Wildman–Crippen LogP) is 2.25. The summed E-state index contributed by atoms with van der Waals surface area (Å²) in [7, 11) is -4.41. The van der Waals surface area contributed by atoms with E-state index in [1.54, 1.807) is 18.2 Å². The Morgan fingerprint density at radius 3 is 2.36 bits per heavy atom. The van der Waals surface area contributed by atoms with Gasteiger partial charge in [0.05, 0.1) is 4.52 Å². The van der Waals surface area contributed by atoms with E-state index < -0.39 is 21.9 Å². The number of rotatable bonds is 3. The minimum Gasteiger partial charge on any atom is -0.304 e. The monoisotopic (exact) mass is 322 g/mol. The fraction of sp³-hybridized carbons (Fsp3) is 0. The number of Topliss-reactive ketones (excluding diaryl/α,β-unsaturated/α-hetero) is 1. The van der Waals surface area contributed by atoms with Gasteiger partial charge in [0.1, 0.15) is 5.28 Å². The number of carbonyl (C=O) groups is 2. The molecule has 1 aliphatic rings. The molecule has 0 radical (unpaired) electrons. The first-order chi connectivity index (χ1) is 10.4. The molecule has 0 N–H and O–H groups in total. The zero-order chi connectivity index (χ0) is 16.6. The van der Waals surface area contributed by atoms with Crippen molar-refractivity contribution in [3.63, 3.8) is 0 Å². The Bertz CT molecular complexity index is 833. The third-order valence-corrected chi connectivity index (χ3v) is 2.67. The van der Waals surface area contributed by atoms with Crippen molar-refractivity contribution >= 4 is 27.9 Å². The minimum absolute atomic E-state index is 0.409. The van der Waals surface area contributed by atoms with Crippen LogP contribution in [0.15, 0.2) is 40.1 Å². The van der Waals surface area contributed by atoms with Crippen LogP contribution in [0, 0.1) is 0 Å². The Hall–Kier alpha value is -3.33. The van der Waals surface area contributed by atoms with Crippen molar-refractivity contribution in [2.24, 2.45) is 9.80 Å². The molecule has 0 amide bonds. The zero-order valence-electron chi connectivity index (χ0n) is 10.6. The number of fused-ring (bicyclic) bond motifs is 1. The molecular weight excluding hydrogens is 316 g/mol. The van der Waals surface area contributed by atoms with E-state index in [0.29, 0.717) is 5.56 Å². The van der Waals surface area contributed by atoms with Gasteiger partial charge in [0.15, 0.2) is 0 Å². The zero-order valence-corrected chi connectivity index (χ0v) is 11.4. The van der Waals surface area contributed by atoms with Gasteiger partial charge in [0.25, 0.3) is 0 Å². The maximum Gasteiger partial charge on any atom is 0.409 e. The van der Waals surface area contributed by atoms with E-state index in [-0.39, 0.29) is 0 Å². The van der Waals surface area contributed by atoms with E-state index in [4.69, 9.17) is 11.1 Å². The molecule has 1 aromatic rings. The van der Waals surface area contributed by atoms with Gasteiger partial charge in [-0.05, 0) is 22.7 Å². The van der Waals surface area contributed by atoms with Gasteiger partial charge >= 0.3 is 10.3 Å². The molecule has 22 heavy (non-hydrogen) atoms. The number of benzene rings is 1. The van der Waals surface area contributed by atoms with Crippen LogP contribution in [0.2, 0.25) is 0 Å². The van der Waals surface area contributed by atoms with Gasteiger partial charge in [-0.15, -0.1) is 0 Å². The summed E-state index contributed by atoms with van der Waals surface area (Å²) in [5, 5.41) is 2.19. The summed E-state index contributed by atoms with van der Waals surface area (Å²) in [6.07, 6.45) is 2.98. The largest absolute Gasteiger partial charge is 0.409 e. The topological polar surface area (TPSA) is 175 Å². The molecule has 0 bridgehead atoms. The molecule has 0 atom stereocenters. The molecule has 1 aliphatic carbocycles. The normalized spacial score (nSPS) is 12.0. The highest BCUT2D eigenvalue weighted by Crippen LogP contribution is 2.16. The lowest BCUT2D eigenvalue weighted by Gasteiger charge is -2.06. The van der Waals surface area contributed by atoms with Crippen LogP contribution in [0.1, 0.15) is 15.9 Å². The Kier molecular flexibility index (Phi) is 5.66. The molecule has 0 unspecified atom stereocenters. The number of azide groups is 2. The van der Waals surface area contributed by atoms with Crippen LogP contribution in [0.3, 0.4) is 0 Å². The van der Waals surface area contributed by atoms with Crippen molar-refractivity contribution in [3.8, 4) is 0 Å². The predicted molar refractivity (Wildman–Crippen MR) is 73.1 cm³/mol. The van der Waals surface area contributed by atoms with Crippen molar-refractivity contribution < 1.29 is 22.3 Å². The van der Waals surface area contributed by atoms with Crippen molar-refractivity contribution in [2.75, 3.05) is 0 Å². The van der Waals surface area contributed by atoms with Crippen molar-refractivity contribution in [1.29, 1.82) is 0 Å². The van der Waals surface area contributed by atoms with Crippen LogP contribution < -0.4 is 0 Å². The lowest BCUT2D eigenvalue weighted by Crippen LogP contribution is -2.15. The second-order valence-electron chi connectivity index (χ2n) is 3.46. The van der Waals surface area contributed by atoms with Gasteiger partial charge < -0.3 is 4.28 Å². The van der Waals surface area contributed by atoms with Crippen LogP contribution in [0.25, 0.3) is 27.0 Å². The summed E-state index contributed by atoms with van der Waals surface area (Å²) in [5.41, 5.74) is 16.4. The van der Waals surface area contributed by atoms with E-state index in [9.17, 15) is 18.0 Å². The van der Waals surface area contributed by atoms with Crippen LogP contribution in [0.5, 0.6) is 0 Å².